The van der Waals surface area contributed by atoms with E-state index in [1.807, 2.05) is 18.8 Å². The Hall–Kier alpha value is -2.66. The monoisotopic (exact) mass is 430 g/mol. The number of sulfonamides is 1. The van der Waals surface area contributed by atoms with E-state index in [9.17, 15) is 26.4 Å². The number of carbonyl (C=O) groups is 1. The zero-order valence-electron chi connectivity index (χ0n) is 16.0. The Bertz CT molecular complexity index is 961. The number of benzene rings is 1. The van der Waals surface area contributed by atoms with E-state index in [2.05, 4.69) is 10.3 Å². The van der Waals surface area contributed by atoms with Crippen LogP contribution in [0, 0.1) is 0 Å². The zero-order valence-corrected chi connectivity index (χ0v) is 16.8. The Balaban J connectivity index is 2.05. The van der Waals surface area contributed by atoms with E-state index in [-0.39, 0.29) is 6.54 Å². The largest absolute Gasteiger partial charge is 0.417 e. The van der Waals surface area contributed by atoms with Crippen LogP contribution in [-0.4, -0.2) is 39.4 Å². The second-order valence-electron chi connectivity index (χ2n) is 6.47. The van der Waals surface area contributed by atoms with Crippen molar-refractivity contribution < 1.29 is 26.4 Å². The SMILES string of the molecule is C[C@H](NS(=O)(=O)c1ccccc1C(F)(F)F)C(=O)NCc1ccc(N(C)C)nc1. The van der Waals surface area contributed by atoms with Crippen molar-refractivity contribution in [3.63, 3.8) is 0 Å². The summed E-state index contributed by atoms with van der Waals surface area (Å²) >= 11 is 0. The van der Waals surface area contributed by atoms with E-state index < -0.39 is 38.6 Å². The molecule has 0 bridgehead atoms. The molecule has 158 valence electrons. The molecular formula is C18H21F3N4O3S. The van der Waals surface area contributed by atoms with Crippen LogP contribution in [0.5, 0.6) is 0 Å². The number of amides is 1. The maximum Gasteiger partial charge on any atom is 0.417 e. The molecule has 0 saturated heterocycles. The molecule has 0 fully saturated rings. The van der Waals surface area contributed by atoms with Gasteiger partial charge in [-0.1, -0.05) is 18.2 Å². The molecule has 0 unspecified atom stereocenters. The number of pyridine rings is 1. The van der Waals surface area contributed by atoms with Gasteiger partial charge in [-0.15, -0.1) is 0 Å². The van der Waals surface area contributed by atoms with E-state index in [4.69, 9.17) is 0 Å². The molecular weight excluding hydrogens is 409 g/mol. The number of hydrogen-bond acceptors (Lipinski definition) is 5. The van der Waals surface area contributed by atoms with Crippen molar-refractivity contribution in [3.8, 4) is 0 Å². The summed E-state index contributed by atoms with van der Waals surface area (Å²) in [7, 11) is -0.909. The highest BCUT2D eigenvalue weighted by Crippen LogP contribution is 2.33. The summed E-state index contributed by atoms with van der Waals surface area (Å²) < 4.78 is 66.0. The number of rotatable bonds is 7. The summed E-state index contributed by atoms with van der Waals surface area (Å²) in [4.78, 5) is 17.3. The molecule has 1 amide bonds. The Morgan fingerprint density at radius 3 is 2.38 bits per heavy atom. The lowest BCUT2D eigenvalue weighted by Gasteiger charge is -2.17. The molecule has 11 heteroatoms. The van der Waals surface area contributed by atoms with Gasteiger partial charge in [0.2, 0.25) is 15.9 Å². The predicted octanol–water partition coefficient (Wildman–Crippen LogP) is 2.15. The highest BCUT2D eigenvalue weighted by Gasteiger charge is 2.37. The van der Waals surface area contributed by atoms with Gasteiger partial charge in [0.05, 0.1) is 16.5 Å². The molecule has 0 radical (unpaired) electrons. The fourth-order valence-corrected chi connectivity index (χ4v) is 3.84. The third kappa shape index (κ3) is 5.91. The smallest absolute Gasteiger partial charge is 0.363 e. The van der Waals surface area contributed by atoms with E-state index in [0.29, 0.717) is 11.6 Å². The molecule has 1 atom stereocenters. The molecule has 29 heavy (non-hydrogen) atoms. The van der Waals surface area contributed by atoms with Crippen LogP contribution in [0.15, 0.2) is 47.5 Å². The third-order valence-electron chi connectivity index (χ3n) is 3.94. The fourth-order valence-electron chi connectivity index (χ4n) is 2.41. The molecule has 2 aromatic rings. The minimum atomic E-state index is -4.84. The van der Waals surface area contributed by atoms with E-state index in [0.717, 1.165) is 18.0 Å². The highest BCUT2D eigenvalue weighted by atomic mass is 32.2. The van der Waals surface area contributed by atoms with Crippen molar-refractivity contribution in [2.75, 3.05) is 19.0 Å². The Morgan fingerprint density at radius 1 is 1.17 bits per heavy atom. The van der Waals surface area contributed by atoms with Crippen LogP contribution in [-0.2, 0) is 27.5 Å². The van der Waals surface area contributed by atoms with Gasteiger partial charge in [0.25, 0.3) is 0 Å². The summed E-state index contributed by atoms with van der Waals surface area (Å²) in [5.74, 6) is 0.0410. The molecule has 7 nitrogen and oxygen atoms in total. The van der Waals surface area contributed by atoms with Crippen molar-refractivity contribution in [1.29, 1.82) is 0 Å². The Kier molecular flexibility index (Phi) is 6.85. The van der Waals surface area contributed by atoms with Crippen molar-refractivity contribution in [2.24, 2.45) is 0 Å². The first-order valence-electron chi connectivity index (χ1n) is 8.50. The first-order valence-corrected chi connectivity index (χ1v) is 9.98. The molecule has 2 rings (SSSR count). The average molecular weight is 430 g/mol. The Morgan fingerprint density at radius 2 is 1.83 bits per heavy atom. The van der Waals surface area contributed by atoms with Crippen LogP contribution in [0.25, 0.3) is 0 Å². The van der Waals surface area contributed by atoms with Gasteiger partial charge in [-0.05, 0) is 30.7 Å². The van der Waals surface area contributed by atoms with Crippen molar-refractivity contribution in [2.45, 2.75) is 30.6 Å². The molecule has 1 aromatic carbocycles. The summed E-state index contributed by atoms with van der Waals surface area (Å²) in [6.45, 7) is 1.33. The lowest BCUT2D eigenvalue weighted by Crippen LogP contribution is -2.44. The van der Waals surface area contributed by atoms with Crippen LogP contribution >= 0.6 is 0 Å². The molecule has 1 aromatic heterocycles. The van der Waals surface area contributed by atoms with Gasteiger partial charge in [-0.3, -0.25) is 4.79 Å². The molecule has 0 spiro atoms. The Labute approximate surface area is 167 Å². The molecule has 0 aliphatic rings. The normalized spacial score (nSPS) is 13.0. The average Bonchev–Trinajstić information content (AvgIpc) is 2.65. The van der Waals surface area contributed by atoms with Crippen LogP contribution in [0.4, 0.5) is 19.0 Å². The first-order chi connectivity index (χ1) is 13.4. The van der Waals surface area contributed by atoms with Crippen molar-refractivity contribution in [1.82, 2.24) is 15.0 Å². The first kappa shape index (κ1) is 22.6. The van der Waals surface area contributed by atoms with Crippen LogP contribution in [0.1, 0.15) is 18.1 Å². The van der Waals surface area contributed by atoms with Gasteiger partial charge in [0, 0.05) is 26.8 Å². The molecule has 0 aliphatic carbocycles. The van der Waals surface area contributed by atoms with Crippen LogP contribution in [0.2, 0.25) is 0 Å². The van der Waals surface area contributed by atoms with E-state index in [1.54, 1.807) is 23.2 Å². The zero-order chi connectivity index (χ0) is 21.8. The minimum Gasteiger partial charge on any atom is -0.363 e. The lowest BCUT2D eigenvalue weighted by molar-refractivity contribution is -0.139. The van der Waals surface area contributed by atoms with Crippen molar-refractivity contribution >= 4 is 21.7 Å². The second-order valence-corrected chi connectivity index (χ2v) is 8.16. The number of aromatic nitrogens is 1. The predicted molar refractivity (Wildman–Crippen MR) is 102 cm³/mol. The number of halogens is 3. The number of nitrogens with zero attached hydrogens (tertiary/aromatic N) is 2. The summed E-state index contributed by atoms with van der Waals surface area (Å²) in [6, 6.07) is 6.00. The number of carbonyl (C=O) groups excluding carboxylic acids is 1. The van der Waals surface area contributed by atoms with Crippen LogP contribution < -0.4 is 14.9 Å². The van der Waals surface area contributed by atoms with Gasteiger partial charge in [0.1, 0.15) is 5.82 Å². The van der Waals surface area contributed by atoms with Gasteiger partial charge in [0.15, 0.2) is 0 Å². The standard InChI is InChI=1S/C18H21F3N4O3S/c1-12(17(26)23-11-13-8-9-16(22-10-13)25(2)3)24-29(27,28)15-7-5-4-6-14(15)18(19,20)21/h4-10,12,24H,11H2,1-3H3,(H,23,26)/t12-/m0/s1. The summed E-state index contributed by atoms with van der Waals surface area (Å²) in [6.07, 6.45) is -3.29. The lowest BCUT2D eigenvalue weighted by atomic mass is 10.2. The van der Waals surface area contributed by atoms with E-state index >= 15 is 0 Å². The maximum absolute atomic E-state index is 13.1. The van der Waals surface area contributed by atoms with Gasteiger partial charge in [-0.25, -0.2) is 13.4 Å². The number of nitrogens with one attached hydrogen (secondary N) is 2. The van der Waals surface area contributed by atoms with Gasteiger partial charge >= 0.3 is 6.18 Å². The van der Waals surface area contributed by atoms with Crippen molar-refractivity contribution in [3.05, 3.63) is 53.7 Å². The highest BCUT2D eigenvalue weighted by molar-refractivity contribution is 7.89. The molecule has 0 saturated carbocycles. The number of alkyl halides is 3. The summed E-state index contributed by atoms with van der Waals surface area (Å²) in [5.41, 5.74) is -0.617. The third-order valence-corrected chi connectivity index (χ3v) is 5.54. The number of hydrogen-bond donors (Lipinski definition) is 2. The minimum absolute atomic E-state index is 0.0880. The molecule has 2 N–H and O–H groups in total. The topological polar surface area (TPSA) is 91.4 Å². The van der Waals surface area contributed by atoms with E-state index in [1.165, 1.54) is 13.0 Å². The van der Waals surface area contributed by atoms with Crippen LogP contribution in [0.3, 0.4) is 0 Å². The summed E-state index contributed by atoms with van der Waals surface area (Å²) in [5, 5.41) is 2.52. The quantitative estimate of drug-likeness (QED) is 0.703. The molecule has 0 aliphatic heterocycles. The maximum atomic E-state index is 13.1. The molecule has 1 heterocycles. The number of anilines is 1. The fraction of sp³-hybridized carbons (Fsp3) is 0.333. The second kappa shape index (κ2) is 8.78. The van der Waals surface area contributed by atoms with Gasteiger partial charge < -0.3 is 10.2 Å². The van der Waals surface area contributed by atoms with Gasteiger partial charge in [-0.2, -0.15) is 17.9 Å².